The fraction of sp³-hybridized carbons (Fsp3) is 0.478. The zero-order valence-corrected chi connectivity index (χ0v) is 16.6. The molecule has 2 aromatic carbocycles. The first-order valence-electron chi connectivity index (χ1n) is 10.0. The van der Waals surface area contributed by atoms with Crippen LogP contribution in [0.3, 0.4) is 0 Å². The first-order valence-corrected chi connectivity index (χ1v) is 10.0. The highest BCUT2D eigenvalue weighted by atomic mass is 16.6. The van der Waals surface area contributed by atoms with E-state index < -0.39 is 17.4 Å². The molecule has 150 valence electrons. The summed E-state index contributed by atoms with van der Waals surface area (Å²) in [6.07, 6.45) is 2.11. The van der Waals surface area contributed by atoms with Crippen molar-refractivity contribution in [2.75, 3.05) is 19.8 Å². The molecule has 0 radical (unpaired) electrons. The Hall–Kier alpha value is -2.40. The van der Waals surface area contributed by atoms with Crippen molar-refractivity contribution in [1.29, 1.82) is 0 Å². The standard InChI is InChI=1S/C23H28O5/c1-3-26-21(24)23(22(25)27-4-2,16-19-12-8-14-28-19)15-18-11-7-10-17-9-5-6-13-20(17)18/h5-7,9-11,13,19H,3-4,8,12,14-16H2,1-2H3/t19-/m1/s1. The number of hydrogen-bond acceptors (Lipinski definition) is 5. The van der Waals surface area contributed by atoms with E-state index in [9.17, 15) is 9.59 Å². The van der Waals surface area contributed by atoms with Crippen molar-refractivity contribution in [3.63, 3.8) is 0 Å². The Morgan fingerprint density at radius 2 is 1.71 bits per heavy atom. The van der Waals surface area contributed by atoms with Gasteiger partial charge in [-0.3, -0.25) is 9.59 Å². The predicted octanol–water partition coefficient (Wildman–Crippen LogP) is 4.06. The fourth-order valence-corrected chi connectivity index (χ4v) is 3.97. The largest absolute Gasteiger partial charge is 0.465 e. The summed E-state index contributed by atoms with van der Waals surface area (Å²) in [5.74, 6) is -1.06. The minimum Gasteiger partial charge on any atom is -0.465 e. The van der Waals surface area contributed by atoms with Gasteiger partial charge in [0.05, 0.1) is 19.3 Å². The molecule has 1 fully saturated rings. The fourth-order valence-electron chi connectivity index (χ4n) is 3.97. The summed E-state index contributed by atoms with van der Waals surface area (Å²) in [5.41, 5.74) is -0.484. The lowest BCUT2D eigenvalue weighted by Gasteiger charge is -2.31. The van der Waals surface area contributed by atoms with Gasteiger partial charge < -0.3 is 14.2 Å². The number of hydrogen-bond donors (Lipinski definition) is 0. The maximum atomic E-state index is 13.1. The van der Waals surface area contributed by atoms with Gasteiger partial charge in [0.2, 0.25) is 0 Å². The van der Waals surface area contributed by atoms with Crippen LogP contribution in [0.5, 0.6) is 0 Å². The second-order valence-electron chi connectivity index (χ2n) is 7.18. The van der Waals surface area contributed by atoms with Gasteiger partial charge in [-0.2, -0.15) is 0 Å². The molecule has 1 aliphatic heterocycles. The van der Waals surface area contributed by atoms with Crippen LogP contribution in [-0.2, 0) is 30.2 Å². The summed E-state index contributed by atoms with van der Waals surface area (Å²) in [6, 6.07) is 13.9. The van der Waals surface area contributed by atoms with E-state index in [1.165, 1.54) is 0 Å². The summed E-state index contributed by atoms with van der Waals surface area (Å²) in [6.45, 7) is 4.57. The number of ether oxygens (including phenoxy) is 3. The van der Waals surface area contributed by atoms with Gasteiger partial charge >= 0.3 is 11.9 Å². The monoisotopic (exact) mass is 384 g/mol. The van der Waals surface area contributed by atoms with Crippen LogP contribution in [0.25, 0.3) is 10.8 Å². The van der Waals surface area contributed by atoms with Gasteiger partial charge in [0, 0.05) is 13.0 Å². The second-order valence-corrected chi connectivity index (χ2v) is 7.18. The van der Waals surface area contributed by atoms with E-state index in [-0.39, 0.29) is 32.2 Å². The molecule has 1 aliphatic rings. The van der Waals surface area contributed by atoms with E-state index in [2.05, 4.69) is 0 Å². The molecule has 28 heavy (non-hydrogen) atoms. The van der Waals surface area contributed by atoms with Crippen molar-refractivity contribution in [3.05, 3.63) is 48.0 Å². The van der Waals surface area contributed by atoms with E-state index >= 15 is 0 Å². The Kier molecular flexibility index (Phi) is 6.68. The van der Waals surface area contributed by atoms with Crippen LogP contribution in [0.1, 0.15) is 38.7 Å². The first-order chi connectivity index (χ1) is 13.6. The number of rotatable bonds is 8. The molecule has 0 unspecified atom stereocenters. The maximum Gasteiger partial charge on any atom is 0.323 e. The van der Waals surface area contributed by atoms with Gasteiger partial charge in [-0.15, -0.1) is 0 Å². The van der Waals surface area contributed by atoms with Crippen LogP contribution < -0.4 is 0 Å². The van der Waals surface area contributed by atoms with Gasteiger partial charge in [0.1, 0.15) is 0 Å². The number of benzene rings is 2. The van der Waals surface area contributed by atoms with Crippen LogP contribution in [0.2, 0.25) is 0 Å². The Morgan fingerprint density at radius 3 is 2.36 bits per heavy atom. The predicted molar refractivity (Wildman–Crippen MR) is 107 cm³/mol. The van der Waals surface area contributed by atoms with Crippen LogP contribution >= 0.6 is 0 Å². The lowest BCUT2D eigenvalue weighted by Crippen LogP contribution is -2.46. The van der Waals surface area contributed by atoms with Gasteiger partial charge in [-0.1, -0.05) is 42.5 Å². The molecule has 0 aliphatic carbocycles. The van der Waals surface area contributed by atoms with E-state index in [1.54, 1.807) is 13.8 Å². The molecule has 0 spiro atoms. The molecule has 5 heteroatoms. The Labute approximate surface area is 166 Å². The third kappa shape index (κ3) is 4.20. The van der Waals surface area contributed by atoms with Crippen LogP contribution in [0.4, 0.5) is 0 Å². The summed E-state index contributed by atoms with van der Waals surface area (Å²) in [7, 11) is 0. The molecular weight excluding hydrogens is 356 g/mol. The second kappa shape index (κ2) is 9.20. The van der Waals surface area contributed by atoms with E-state index in [1.807, 2.05) is 42.5 Å². The molecule has 2 aromatic rings. The lowest BCUT2D eigenvalue weighted by molar-refractivity contribution is -0.174. The van der Waals surface area contributed by atoms with E-state index in [0.717, 1.165) is 29.2 Å². The summed E-state index contributed by atoms with van der Waals surface area (Å²) >= 11 is 0. The van der Waals surface area contributed by atoms with Crippen molar-refractivity contribution >= 4 is 22.7 Å². The minimum absolute atomic E-state index is 0.149. The van der Waals surface area contributed by atoms with E-state index in [0.29, 0.717) is 6.61 Å². The molecule has 0 saturated carbocycles. The Bertz CT molecular complexity index is 799. The molecule has 0 amide bonds. The minimum atomic E-state index is -1.41. The maximum absolute atomic E-state index is 13.1. The van der Waals surface area contributed by atoms with Crippen LogP contribution in [0, 0.1) is 5.41 Å². The number of carbonyl (C=O) groups is 2. The number of carbonyl (C=O) groups excluding carboxylic acids is 2. The average Bonchev–Trinajstić information content (AvgIpc) is 3.21. The Morgan fingerprint density at radius 1 is 1.04 bits per heavy atom. The van der Waals surface area contributed by atoms with E-state index in [4.69, 9.17) is 14.2 Å². The van der Waals surface area contributed by atoms with Crippen molar-refractivity contribution in [2.24, 2.45) is 5.41 Å². The molecule has 1 heterocycles. The van der Waals surface area contributed by atoms with Crippen molar-refractivity contribution in [1.82, 2.24) is 0 Å². The molecule has 0 aromatic heterocycles. The molecule has 0 bridgehead atoms. The van der Waals surface area contributed by atoms with Crippen LogP contribution in [0.15, 0.2) is 42.5 Å². The van der Waals surface area contributed by atoms with Crippen molar-refractivity contribution in [2.45, 2.75) is 45.6 Å². The summed E-state index contributed by atoms with van der Waals surface area (Å²) < 4.78 is 16.5. The SMILES string of the molecule is CCOC(=O)C(Cc1cccc2ccccc12)(C[C@H]1CCCO1)C(=O)OCC. The molecule has 0 N–H and O–H groups in total. The molecular formula is C23H28O5. The summed E-state index contributed by atoms with van der Waals surface area (Å²) in [5, 5.41) is 2.09. The topological polar surface area (TPSA) is 61.8 Å². The molecule has 1 saturated heterocycles. The highest BCUT2D eigenvalue weighted by Crippen LogP contribution is 2.37. The summed E-state index contributed by atoms with van der Waals surface area (Å²) in [4.78, 5) is 26.3. The highest BCUT2D eigenvalue weighted by Gasteiger charge is 2.51. The van der Waals surface area contributed by atoms with Gasteiger partial charge in [-0.25, -0.2) is 0 Å². The normalized spacial score (nSPS) is 16.9. The van der Waals surface area contributed by atoms with Crippen LogP contribution in [-0.4, -0.2) is 37.9 Å². The first kappa shape index (κ1) is 20.3. The third-order valence-electron chi connectivity index (χ3n) is 5.30. The number of fused-ring (bicyclic) bond motifs is 1. The van der Waals surface area contributed by atoms with Crippen molar-refractivity contribution in [3.8, 4) is 0 Å². The van der Waals surface area contributed by atoms with Gasteiger partial charge in [0.25, 0.3) is 0 Å². The average molecular weight is 384 g/mol. The smallest absolute Gasteiger partial charge is 0.323 e. The molecule has 1 atom stereocenters. The number of esters is 2. The van der Waals surface area contributed by atoms with Gasteiger partial charge in [-0.05, 0) is 49.4 Å². The van der Waals surface area contributed by atoms with Gasteiger partial charge in [0.15, 0.2) is 5.41 Å². The molecule has 5 nitrogen and oxygen atoms in total. The Balaban J connectivity index is 2.06. The third-order valence-corrected chi connectivity index (χ3v) is 5.30. The molecule has 3 rings (SSSR count). The highest BCUT2D eigenvalue weighted by molar-refractivity contribution is 6.01. The zero-order valence-electron chi connectivity index (χ0n) is 16.6. The quantitative estimate of drug-likeness (QED) is 0.507. The zero-order chi connectivity index (χ0) is 20.0. The van der Waals surface area contributed by atoms with Crippen molar-refractivity contribution < 1.29 is 23.8 Å². The lowest BCUT2D eigenvalue weighted by atomic mass is 9.75.